The first-order chi connectivity index (χ1) is 11.0. The minimum atomic E-state index is -0.263. The van der Waals surface area contributed by atoms with Crippen molar-refractivity contribution in [1.82, 2.24) is 9.99 Å². The van der Waals surface area contributed by atoms with Crippen LogP contribution >= 0.6 is 0 Å². The molecule has 0 atom stereocenters. The molecule has 6 heteroatoms. The molecule has 2 aromatic rings. The van der Waals surface area contributed by atoms with Crippen LogP contribution in [0, 0.1) is 0 Å². The fraction of sp³-hybridized carbons (Fsp3) is 0.294. The van der Waals surface area contributed by atoms with E-state index in [4.69, 9.17) is 9.47 Å². The van der Waals surface area contributed by atoms with E-state index in [2.05, 4.69) is 10.5 Å². The fourth-order valence-corrected chi connectivity index (χ4v) is 2.56. The molecule has 2 heterocycles. The highest BCUT2D eigenvalue weighted by atomic mass is 16.5. The van der Waals surface area contributed by atoms with Gasteiger partial charge in [-0.3, -0.25) is 4.79 Å². The van der Waals surface area contributed by atoms with Gasteiger partial charge in [-0.2, -0.15) is 0 Å². The van der Waals surface area contributed by atoms with E-state index in [0.29, 0.717) is 11.5 Å². The summed E-state index contributed by atoms with van der Waals surface area (Å²) in [6, 6.07) is 5.86. The van der Waals surface area contributed by atoms with Crippen molar-refractivity contribution in [3.63, 3.8) is 0 Å². The lowest BCUT2D eigenvalue weighted by molar-refractivity contribution is -0.116. The molecule has 0 spiro atoms. The standard InChI is InChI=1S/C17H19N3O3/c1-10(2)23-17-14(16(21)18-19-17)7-11-9-20(3)15-6-5-12(22-4)8-13(11)15/h5-10H,1-4H3,(H,18,21)/b14-7+. The highest BCUT2D eigenvalue weighted by Gasteiger charge is 2.25. The minimum Gasteiger partial charge on any atom is -0.497 e. The highest BCUT2D eigenvalue weighted by molar-refractivity contribution is 6.25. The predicted octanol–water partition coefficient (Wildman–Crippen LogP) is 2.44. The molecule has 1 aliphatic heterocycles. The van der Waals surface area contributed by atoms with E-state index in [0.717, 1.165) is 22.2 Å². The summed E-state index contributed by atoms with van der Waals surface area (Å²) in [6.07, 6.45) is 3.71. The molecule has 0 aliphatic carbocycles. The van der Waals surface area contributed by atoms with Gasteiger partial charge in [0.25, 0.3) is 5.91 Å². The Hall–Kier alpha value is -2.76. The Balaban J connectivity index is 2.09. The van der Waals surface area contributed by atoms with Gasteiger partial charge in [-0.15, -0.1) is 5.10 Å². The Morgan fingerprint density at radius 2 is 2.13 bits per heavy atom. The smallest absolute Gasteiger partial charge is 0.277 e. The first-order valence-electron chi connectivity index (χ1n) is 7.39. The zero-order valence-electron chi connectivity index (χ0n) is 13.6. The van der Waals surface area contributed by atoms with Gasteiger partial charge in [0.05, 0.1) is 13.2 Å². The van der Waals surface area contributed by atoms with Crippen molar-refractivity contribution >= 4 is 28.8 Å². The molecule has 0 saturated carbocycles. The summed E-state index contributed by atoms with van der Waals surface area (Å²) in [5.41, 5.74) is 4.84. The lowest BCUT2D eigenvalue weighted by Crippen LogP contribution is -2.16. The molecule has 23 heavy (non-hydrogen) atoms. The molecule has 0 bridgehead atoms. The number of hydrogen-bond acceptors (Lipinski definition) is 4. The third kappa shape index (κ3) is 2.79. The van der Waals surface area contributed by atoms with Crippen molar-refractivity contribution in [3.05, 3.63) is 35.5 Å². The van der Waals surface area contributed by atoms with Crippen molar-refractivity contribution < 1.29 is 14.3 Å². The molecule has 0 fully saturated rings. The van der Waals surface area contributed by atoms with Crippen LogP contribution in [-0.2, 0) is 16.6 Å². The SMILES string of the molecule is COc1ccc2c(c1)c(/C=C1\C(=O)NN=C1OC(C)C)cn2C. The summed E-state index contributed by atoms with van der Waals surface area (Å²) in [7, 11) is 3.60. The maximum atomic E-state index is 12.0. The second-order valence-corrected chi connectivity index (χ2v) is 5.66. The summed E-state index contributed by atoms with van der Waals surface area (Å²) in [5, 5.41) is 4.95. The van der Waals surface area contributed by atoms with Gasteiger partial charge in [-0.25, -0.2) is 5.43 Å². The Morgan fingerprint density at radius 3 is 2.83 bits per heavy atom. The van der Waals surface area contributed by atoms with Crippen LogP contribution in [0.3, 0.4) is 0 Å². The number of carbonyl (C=O) groups excluding carboxylic acids is 1. The number of carbonyl (C=O) groups is 1. The van der Waals surface area contributed by atoms with Crippen LogP contribution in [0.4, 0.5) is 0 Å². The maximum Gasteiger partial charge on any atom is 0.277 e. The van der Waals surface area contributed by atoms with Crippen LogP contribution < -0.4 is 10.2 Å². The van der Waals surface area contributed by atoms with E-state index in [1.807, 2.05) is 49.9 Å². The van der Waals surface area contributed by atoms with Gasteiger partial charge in [-0.1, -0.05) is 0 Å². The van der Waals surface area contributed by atoms with Gasteiger partial charge in [0.1, 0.15) is 11.3 Å². The molecule has 1 aliphatic rings. The summed E-state index contributed by atoms with van der Waals surface area (Å²) < 4.78 is 12.9. The fourth-order valence-electron chi connectivity index (χ4n) is 2.56. The molecule has 1 aromatic heterocycles. The number of aryl methyl sites for hydroxylation is 1. The van der Waals surface area contributed by atoms with Crippen LogP contribution in [0.1, 0.15) is 19.4 Å². The van der Waals surface area contributed by atoms with Gasteiger partial charge in [0.15, 0.2) is 0 Å². The summed E-state index contributed by atoms with van der Waals surface area (Å²) >= 11 is 0. The molecular weight excluding hydrogens is 294 g/mol. The zero-order valence-corrected chi connectivity index (χ0v) is 13.6. The number of hydrazone groups is 1. The van der Waals surface area contributed by atoms with Crippen LogP contribution in [0.15, 0.2) is 35.1 Å². The van der Waals surface area contributed by atoms with E-state index in [1.54, 1.807) is 13.2 Å². The van der Waals surface area contributed by atoms with Crippen molar-refractivity contribution in [2.45, 2.75) is 20.0 Å². The number of benzene rings is 1. The Labute approximate surface area is 134 Å². The van der Waals surface area contributed by atoms with E-state index >= 15 is 0 Å². The van der Waals surface area contributed by atoms with E-state index in [-0.39, 0.29) is 12.0 Å². The van der Waals surface area contributed by atoms with E-state index < -0.39 is 0 Å². The Kier molecular flexibility index (Phi) is 3.82. The molecule has 0 saturated heterocycles. The molecule has 1 aromatic carbocycles. The largest absolute Gasteiger partial charge is 0.497 e. The molecule has 1 N–H and O–H groups in total. The molecule has 1 amide bonds. The van der Waals surface area contributed by atoms with Crippen molar-refractivity contribution in [2.24, 2.45) is 12.1 Å². The van der Waals surface area contributed by atoms with E-state index in [1.165, 1.54) is 0 Å². The zero-order chi connectivity index (χ0) is 16.6. The van der Waals surface area contributed by atoms with Crippen LogP contribution in [0.5, 0.6) is 5.75 Å². The van der Waals surface area contributed by atoms with Crippen LogP contribution in [-0.4, -0.2) is 29.6 Å². The normalized spacial score (nSPS) is 16.1. The van der Waals surface area contributed by atoms with Gasteiger partial charge >= 0.3 is 0 Å². The van der Waals surface area contributed by atoms with Crippen molar-refractivity contribution in [1.29, 1.82) is 0 Å². The number of fused-ring (bicyclic) bond motifs is 1. The topological polar surface area (TPSA) is 64.8 Å². The average molecular weight is 313 g/mol. The van der Waals surface area contributed by atoms with Gasteiger partial charge in [-0.05, 0) is 38.1 Å². The van der Waals surface area contributed by atoms with Gasteiger partial charge < -0.3 is 14.0 Å². The van der Waals surface area contributed by atoms with Crippen molar-refractivity contribution in [3.8, 4) is 5.75 Å². The number of rotatable bonds is 3. The van der Waals surface area contributed by atoms with Crippen LogP contribution in [0.2, 0.25) is 0 Å². The minimum absolute atomic E-state index is 0.0579. The maximum absolute atomic E-state index is 12.0. The third-order valence-electron chi connectivity index (χ3n) is 3.61. The molecule has 120 valence electrons. The first kappa shape index (κ1) is 15.1. The summed E-state index contributed by atoms with van der Waals surface area (Å²) in [4.78, 5) is 12.0. The lowest BCUT2D eigenvalue weighted by Gasteiger charge is -2.08. The number of hydrogen-bond donors (Lipinski definition) is 1. The molecule has 0 radical (unpaired) electrons. The first-order valence-corrected chi connectivity index (χ1v) is 7.39. The molecular formula is C17H19N3O3. The Morgan fingerprint density at radius 1 is 1.35 bits per heavy atom. The second-order valence-electron chi connectivity index (χ2n) is 5.66. The number of nitrogens with zero attached hydrogens (tertiary/aromatic N) is 2. The Bertz CT molecular complexity index is 831. The van der Waals surface area contributed by atoms with E-state index in [9.17, 15) is 4.79 Å². The number of nitrogens with one attached hydrogen (secondary N) is 1. The molecule has 6 nitrogen and oxygen atoms in total. The molecule has 0 unspecified atom stereocenters. The van der Waals surface area contributed by atoms with Crippen molar-refractivity contribution in [2.75, 3.05) is 7.11 Å². The monoisotopic (exact) mass is 313 g/mol. The second kappa shape index (κ2) is 5.79. The number of aromatic nitrogens is 1. The number of amides is 1. The summed E-state index contributed by atoms with van der Waals surface area (Å²) in [5.74, 6) is 0.831. The number of ether oxygens (including phenoxy) is 2. The lowest BCUT2D eigenvalue weighted by atomic mass is 10.1. The third-order valence-corrected chi connectivity index (χ3v) is 3.61. The average Bonchev–Trinajstić information content (AvgIpc) is 3.01. The van der Waals surface area contributed by atoms with Gasteiger partial charge in [0, 0.05) is 29.7 Å². The highest BCUT2D eigenvalue weighted by Crippen LogP contribution is 2.27. The predicted molar refractivity (Wildman–Crippen MR) is 89.2 cm³/mol. The van der Waals surface area contributed by atoms with Gasteiger partial charge in [0.2, 0.25) is 5.90 Å². The molecule has 3 rings (SSSR count). The van der Waals surface area contributed by atoms with Crippen LogP contribution in [0.25, 0.3) is 17.0 Å². The quantitative estimate of drug-likeness (QED) is 0.885. The summed E-state index contributed by atoms with van der Waals surface area (Å²) in [6.45, 7) is 3.79. The number of methoxy groups -OCH3 is 1.